The summed E-state index contributed by atoms with van der Waals surface area (Å²) in [6, 6.07) is 9.91. The van der Waals surface area contributed by atoms with E-state index in [9.17, 15) is 4.79 Å². The lowest BCUT2D eigenvalue weighted by molar-refractivity contribution is 0.0939. The highest BCUT2D eigenvalue weighted by atomic mass is 35.5. The normalized spacial score (nSPS) is 11.7. The molecule has 1 amide bonds. The van der Waals surface area contributed by atoms with Crippen LogP contribution in [0, 0.1) is 0 Å². The minimum absolute atomic E-state index is 0.249. The number of halogens is 2. The second-order valence-corrected chi connectivity index (χ2v) is 5.75. The van der Waals surface area contributed by atoms with E-state index in [0.717, 1.165) is 5.56 Å². The van der Waals surface area contributed by atoms with Gasteiger partial charge in [-0.05, 0) is 43.3 Å². The summed E-state index contributed by atoms with van der Waals surface area (Å²) in [5, 5.41) is 3.66. The van der Waals surface area contributed by atoms with Crippen molar-refractivity contribution in [3.8, 4) is 11.5 Å². The molecule has 1 unspecified atom stereocenters. The molecule has 0 radical (unpaired) electrons. The lowest BCUT2D eigenvalue weighted by Crippen LogP contribution is -2.27. The highest BCUT2D eigenvalue weighted by Gasteiger charge is 2.16. The van der Waals surface area contributed by atoms with Gasteiger partial charge in [0.1, 0.15) is 11.5 Å². The topological polar surface area (TPSA) is 47.6 Å². The van der Waals surface area contributed by atoms with Crippen LogP contribution in [0.5, 0.6) is 11.5 Å². The van der Waals surface area contributed by atoms with Crippen molar-refractivity contribution in [2.45, 2.75) is 13.0 Å². The highest BCUT2D eigenvalue weighted by Crippen LogP contribution is 2.29. The first-order valence-corrected chi connectivity index (χ1v) is 7.69. The molecule has 122 valence electrons. The van der Waals surface area contributed by atoms with Gasteiger partial charge in [-0.3, -0.25) is 4.79 Å². The number of rotatable bonds is 5. The molecular weight excluding hydrogens is 337 g/mol. The van der Waals surface area contributed by atoms with Gasteiger partial charge in [0, 0.05) is 11.1 Å². The van der Waals surface area contributed by atoms with E-state index in [4.69, 9.17) is 32.7 Å². The number of benzene rings is 2. The molecule has 2 rings (SSSR count). The van der Waals surface area contributed by atoms with Crippen molar-refractivity contribution in [1.82, 2.24) is 5.32 Å². The van der Waals surface area contributed by atoms with Gasteiger partial charge in [0.05, 0.1) is 30.3 Å². The third-order valence-corrected chi connectivity index (χ3v) is 4.17. The molecule has 2 aromatic rings. The van der Waals surface area contributed by atoms with Crippen LogP contribution in [0.1, 0.15) is 28.9 Å². The minimum atomic E-state index is -0.276. The summed E-state index contributed by atoms with van der Waals surface area (Å²) in [5.41, 5.74) is 1.26. The third kappa shape index (κ3) is 4.09. The Balaban J connectivity index is 2.22. The van der Waals surface area contributed by atoms with Crippen molar-refractivity contribution in [3.63, 3.8) is 0 Å². The van der Waals surface area contributed by atoms with Crippen LogP contribution >= 0.6 is 23.2 Å². The van der Waals surface area contributed by atoms with E-state index < -0.39 is 0 Å². The zero-order valence-electron chi connectivity index (χ0n) is 13.0. The predicted molar refractivity (Wildman–Crippen MR) is 91.9 cm³/mol. The van der Waals surface area contributed by atoms with Crippen LogP contribution in [0.3, 0.4) is 0 Å². The largest absolute Gasteiger partial charge is 0.497 e. The average molecular weight is 354 g/mol. The van der Waals surface area contributed by atoms with Crippen molar-refractivity contribution >= 4 is 29.1 Å². The Labute approximate surface area is 145 Å². The molecular formula is C17H17Cl2NO3. The number of amides is 1. The number of ether oxygens (including phenoxy) is 2. The first-order valence-electron chi connectivity index (χ1n) is 6.94. The van der Waals surface area contributed by atoms with Gasteiger partial charge >= 0.3 is 0 Å². The van der Waals surface area contributed by atoms with E-state index in [-0.39, 0.29) is 11.9 Å². The SMILES string of the molecule is COc1ccc(OC)c(C(C)NC(=O)c2ccc(Cl)c(Cl)c2)c1. The second-order valence-electron chi connectivity index (χ2n) is 4.93. The number of carbonyl (C=O) groups is 1. The van der Waals surface area contributed by atoms with E-state index in [0.29, 0.717) is 27.1 Å². The van der Waals surface area contributed by atoms with E-state index in [1.165, 1.54) is 6.07 Å². The van der Waals surface area contributed by atoms with Crippen molar-refractivity contribution in [2.24, 2.45) is 0 Å². The maximum absolute atomic E-state index is 12.4. The zero-order valence-corrected chi connectivity index (χ0v) is 14.5. The van der Waals surface area contributed by atoms with Gasteiger partial charge in [-0.2, -0.15) is 0 Å². The molecule has 0 aliphatic rings. The van der Waals surface area contributed by atoms with Crippen LogP contribution in [0.2, 0.25) is 10.0 Å². The summed E-state index contributed by atoms with van der Waals surface area (Å²) in [6.45, 7) is 1.87. The minimum Gasteiger partial charge on any atom is -0.497 e. The Morgan fingerprint density at radius 3 is 2.39 bits per heavy atom. The molecule has 0 fully saturated rings. The fraction of sp³-hybridized carbons (Fsp3) is 0.235. The summed E-state index contributed by atoms with van der Waals surface area (Å²) >= 11 is 11.8. The van der Waals surface area contributed by atoms with Crippen molar-refractivity contribution in [2.75, 3.05) is 14.2 Å². The maximum Gasteiger partial charge on any atom is 0.251 e. The molecule has 1 atom stereocenters. The molecule has 0 aliphatic carbocycles. The van der Waals surface area contributed by atoms with Crippen LogP contribution in [0.25, 0.3) is 0 Å². The van der Waals surface area contributed by atoms with Crippen LogP contribution in [-0.2, 0) is 0 Å². The van der Waals surface area contributed by atoms with E-state index in [1.54, 1.807) is 38.5 Å². The maximum atomic E-state index is 12.4. The number of hydrogen-bond acceptors (Lipinski definition) is 3. The Hall–Kier alpha value is -1.91. The second kappa shape index (κ2) is 7.57. The van der Waals surface area contributed by atoms with Crippen molar-refractivity contribution in [1.29, 1.82) is 0 Å². The Kier molecular flexibility index (Phi) is 5.74. The van der Waals surface area contributed by atoms with Crippen molar-refractivity contribution < 1.29 is 14.3 Å². The van der Waals surface area contributed by atoms with Crippen LogP contribution in [-0.4, -0.2) is 20.1 Å². The zero-order chi connectivity index (χ0) is 17.0. The smallest absolute Gasteiger partial charge is 0.251 e. The molecule has 0 heterocycles. The summed E-state index contributed by atoms with van der Waals surface area (Å²) in [6.07, 6.45) is 0. The Bertz CT molecular complexity index is 719. The Morgan fingerprint density at radius 1 is 1.04 bits per heavy atom. The monoisotopic (exact) mass is 353 g/mol. The molecule has 2 aromatic carbocycles. The van der Waals surface area contributed by atoms with Crippen LogP contribution in [0.4, 0.5) is 0 Å². The number of nitrogens with one attached hydrogen (secondary N) is 1. The molecule has 0 aliphatic heterocycles. The van der Waals surface area contributed by atoms with E-state index in [2.05, 4.69) is 5.32 Å². The fourth-order valence-electron chi connectivity index (χ4n) is 2.17. The average Bonchev–Trinajstić information content (AvgIpc) is 2.56. The van der Waals surface area contributed by atoms with Crippen LogP contribution in [0.15, 0.2) is 36.4 Å². The quantitative estimate of drug-likeness (QED) is 0.860. The fourth-order valence-corrected chi connectivity index (χ4v) is 2.47. The van der Waals surface area contributed by atoms with E-state index in [1.807, 2.05) is 13.0 Å². The molecule has 1 N–H and O–H groups in total. The van der Waals surface area contributed by atoms with Crippen LogP contribution < -0.4 is 14.8 Å². The van der Waals surface area contributed by atoms with Gasteiger partial charge in [0.2, 0.25) is 0 Å². The van der Waals surface area contributed by atoms with Gasteiger partial charge in [0.15, 0.2) is 0 Å². The number of carbonyl (C=O) groups excluding carboxylic acids is 1. The summed E-state index contributed by atoms with van der Waals surface area (Å²) in [7, 11) is 3.17. The molecule has 6 heteroatoms. The summed E-state index contributed by atoms with van der Waals surface area (Å²) in [5.74, 6) is 1.12. The van der Waals surface area contributed by atoms with Gasteiger partial charge in [-0.1, -0.05) is 23.2 Å². The molecule has 0 aromatic heterocycles. The number of hydrogen-bond donors (Lipinski definition) is 1. The highest BCUT2D eigenvalue weighted by molar-refractivity contribution is 6.42. The van der Waals surface area contributed by atoms with Gasteiger partial charge in [-0.25, -0.2) is 0 Å². The first-order chi connectivity index (χ1) is 11.0. The number of methoxy groups -OCH3 is 2. The Morgan fingerprint density at radius 2 is 1.78 bits per heavy atom. The lowest BCUT2D eigenvalue weighted by atomic mass is 10.1. The summed E-state index contributed by atoms with van der Waals surface area (Å²) in [4.78, 5) is 12.4. The molecule has 0 saturated heterocycles. The van der Waals surface area contributed by atoms with Gasteiger partial charge in [0.25, 0.3) is 5.91 Å². The molecule has 0 bridgehead atoms. The molecule has 0 spiro atoms. The van der Waals surface area contributed by atoms with Gasteiger partial charge < -0.3 is 14.8 Å². The first kappa shape index (κ1) is 17.4. The predicted octanol–water partition coefficient (Wildman–Crippen LogP) is 4.50. The molecule has 4 nitrogen and oxygen atoms in total. The molecule has 23 heavy (non-hydrogen) atoms. The van der Waals surface area contributed by atoms with Crippen molar-refractivity contribution in [3.05, 3.63) is 57.6 Å². The standard InChI is InChI=1S/C17H17Cl2NO3/c1-10(13-9-12(22-2)5-7-16(13)23-3)20-17(21)11-4-6-14(18)15(19)8-11/h4-10H,1-3H3,(H,20,21). The third-order valence-electron chi connectivity index (χ3n) is 3.43. The molecule has 0 saturated carbocycles. The lowest BCUT2D eigenvalue weighted by Gasteiger charge is -2.18. The summed E-state index contributed by atoms with van der Waals surface area (Å²) < 4.78 is 10.6. The van der Waals surface area contributed by atoms with Gasteiger partial charge in [-0.15, -0.1) is 0 Å². The van der Waals surface area contributed by atoms with E-state index >= 15 is 0 Å².